The summed E-state index contributed by atoms with van der Waals surface area (Å²) in [7, 11) is 2.04. The molecule has 0 aromatic carbocycles. The van der Waals surface area contributed by atoms with Gasteiger partial charge in [-0.2, -0.15) is 0 Å². The Morgan fingerprint density at radius 1 is 1.26 bits per heavy atom. The average molecular weight is 262 g/mol. The van der Waals surface area contributed by atoms with Gasteiger partial charge in [-0.25, -0.2) is 4.98 Å². The monoisotopic (exact) mass is 262 g/mol. The largest absolute Gasteiger partial charge is 0.354 e. The third-order valence-electron chi connectivity index (χ3n) is 3.95. The molecule has 0 spiro atoms. The van der Waals surface area contributed by atoms with Crippen molar-refractivity contribution in [1.29, 1.82) is 0 Å². The highest BCUT2D eigenvalue weighted by Gasteiger charge is 2.17. The average Bonchev–Trinajstić information content (AvgIpc) is 2.48. The highest BCUT2D eigenvalue weighted by molar-refractivity contribution is 5.38. The number of aromatic nitrogens is 1. The zero-order chi connectivity index (χ0) is 13.5. The van der Waals surface area contributed by atoms with E-state index in [2.05, 4.69) is 39.2 Å². The molecule has 19 heavy (non-hydrogen) atoms. The predicted molar refractivity (Wildman–Crippen MR) is 80.6 cm³/mol. The van der Waals surface area contributed by atoms with E-state index in [-0.39, 0.29) is 0 Å². The Bertz CT molecular complexity index is 346. The summed E-state index contributed by atoms with van der Waals surface area (Å²) in [4.78, 5) is 9.38. The van der Waals surface area contributed by atoms with Crippen molar-refractivity contribution < 1.29 is 0 Å². The maximum Gasteiger partial charge on any atom is 0.128 e. The first-order valence-electron chi connectivity index (χ1n) is 7.35. The second kappa shape index (κ2) is 7.46. The Hall–Kier alpha value is -1.13. The molecule has 0 saturated carbocycles. The van der Waals surface area contributed by atoms with Crippen LogP contribution in [0.3, 0.4) is 0 Å². The first-order chi connectivity index (χ1) is 9.29. The van der Waals surface area contributed by atoms with E-state index in [1.807, 2.05) is 19.3 Å². The van der Waals surface area contributed by atoms with Crippen LogP contribution in [0.15, 0.2) is 24.4 Å². The molecule has 106 valence electrons. The molecule has 1 aliphatic rings. The van der Waals surface area contributed by atoms with Crippen molar-refractivity contribution in [3.8, 4) is 0 Å². The standard InChI is InChI=1S/C15H26N4/c1-14(16-2)6-5-9-18-10-12-19(13-11-18)15-7-3-4-8-17-15/h3-4,7-8,14,16H,5-6,9-13H2,1-2H3. The molecule has 4 nitrogen and oxygen atoms in total. The van der Waals surface area contributed by atoms with Crippen LogP contribution in [0.25, 0.3) is 0 Å². The van der Waals surface area contributed by atoms with E-state index >= 15 is 0 Å². The van der Waals surface area contributed by atoms with Gasteiger partial charge in [0.05, 0.1) is 0 Å². The Kier molecular flexibility index (Phi) is 5.61. The quantitative estimate of drug-likeness (QED) is 0.843. The number of nitrogens with zero attached hydrogens (tertiary/aromatic N) is 3. The molecule has 4 heteroatoms. The fraction of sp³-hybridized carbons (Fsp3) is 0.667. The molecule has 1 fully saturated rings. The molecule has 1 unspecified atom stereocenters. The van der Waals surface area contributed by atoms with Crippen LogP contribution in [0.2, 0.25) is 0 Å². The normalized spacial score (nSPS) is 18.5. The summed E-state index contributed by atoms with van der Waals surface area (Å²) in [6, 6.07) is 6.77. The van der Waals surface area contributed by atoms with Crippen LogP contribution in [-0.2, 0) is 0 Å². The van der Waals surface area contributed by atoms with Gasteiger partial charge in [0.25, 0.3) is 0 Å². The van der Waals surface area contributed by atoms with Crippen LogP contribution in [0, 0.1) is 0 Å². The SMILES string of the molecule is CNC(C)CCCN1CCN(c2ccccn2)CC1. The third-order valence-corrected chi connectivity index (χ3v) is 3.95. The van der Waals surface area contributed by atoms with Gasteiger partial charge in [-0.05, 0) is 45.5 Å². The summed E-state index contributed by atoms with van der Waals surface area (Å²) in [5.41, 5.74) is 0. The summed E-state index contributed by atoms with van der Waals surface area (Å²) in [6.07, 6.45) is 4.42. The van der Waals surface area contributed by atoms with Gasteiger partial charge in [0.15, 0.2) is 0 Å². The zero-order valence-corrected chi connectivity index (χ0v) is 12.2. The summed E-state index contributed by atoms with van der Waals surface area (Å²) in [5.74, 6) is 1.12. The lowest BCUT2D eigenvalue weighted by atomic mass is 10.1. The highest BCUT2D eigenvalue weighted by atomic mass is 15.3. The number of pyridine rings is 1. The number of piperazine rings is 1. The molecule has 2 rings (SSSR count). The minimum Gasteiger partial charge on any atom is -0.354 e. The number of rotatable bonds is 6. The first kappa shape index (κ1) is 14.3. The molecule has 1 aliphatic heterocycles. The molecular weight excluding hydrogens is 236 g/mol. The maximum atomic E-state index is 4.42. The van der Waals surface area contributed by atoms with Gasteiger partial charge in [0, 0.05) is 38.4 Å². The van der Waals surface area contributed by atoms with Crippen LogP contribution >= 0.6 is 0 Å². The molecule has 0 bridgehead atoms. The lowest BCUT2D eigenvalue weighted by Crippen LogP contribution is -2.47. The highest BCUT2D eigenvalue weighted by Crippen LogP contribution is 2.12. The van der Waals surface area contributed by atoms with E-state index in [1.54, 1.807) is 0 Å². The Morgan fingerprint density at radius 2 is 2.05 bits per heavy atom. The number of nitrogens with one attached hydrogen (secondary N) is 1. The van der Waals surface area contributed by atoms with Gasteiger partial charge in [-0.3, -0.25) is 4.90 Å². The summed E-state index contributed by atoms with van der Waals surface area (Å²) in [6.45, 7) is 7.98. The van der Waals surface area contributed by atoms with E-state index < -0.39 is 0 Å². The van der Waals surface area contributed by atoms with Crippen LogP contribution in [0.4, 0.5) is 5.82 Å². The van der Waals surface area contributed by atoms with E-state index in [4.69, 9.17) is 0 Å². The zero-order valence-electron chi connectivity index (χ0n) is 12.2. The second-order valence-corrected chi connectivity index (χ2v) is 5.35. The van der Waals surface area contributed by atoms with E-state index in [1.165, 1.54) is 19.4 Å². The van der Waals surface area contributed by atoms with Gasteiger partial charge in [0.2, 0.25) is 0 Å². The van der Waals surface area contributed by atoms with Gasteiger partial charge in [-0.15, -0.1) is 0 Å². The second-order valence-electron chi connectivity index (χ2n) is 5.35. The van der Waals surface area contributed by atoms with Crippen molar-refractivity contribution in [2.24, 2.45) is 0 Å². The maximum absolute atomic E-state index is 4.42. The molecule has 0 aliphatic carbocycles. The summed E-state index contributed by atoms with van der Waals surface area (Å²) in [5, 5.41) is 3.30. The Balaban J connectivity index is 1.68. The smallest absolute Gasteiger partial charge is 0.128 e. The lowest BCUT2D eigenvalue weighted by molar-refractivity contribution is 0.249. The molecular formula is C15H26N4. The predicted octanol–water partition coefficient (Wildman–Crippen LogP) is 1.59. The molecule has 0 radical (unpaired) electrons. The van der Waals surface area contributed by atoms with Crippen LogP contribution < -0.4 is 10.2 Å². The fourth-order valence-electron chi connectivity index (χ4n) is 2.51. The van der Waals surface area contributed by atoms with Gasteiger partial charge in [-0.1, -0.05) is 6.07 Å². The molecule has 1 saturated heterocycles. The fourth-order valence-corrected chi connectivity index (χ4v) is 2.51. The molecule has 1 aromatic heterocycles. The topological polar surface area (TPSA) is 31.4 Å². The summed E-state index contributed by atoms with van der Waals surface area (Å²) >= 11 is 0. The van der Waals surface area contributed by atoms with E-state index in [0.29, 0.717) is 6.04 Å². The number of anilines is 1. The minimum atomic E-state index is 0.634. The number of hydrogen-bond acceptors (Lipinski definition) is 4. The van der Waals surface area contributed by atoms with E-state index in [9.17, 15) is 0 Å². The molecule has 1 atom stereocenters. The van der Waals surface area contributed by atoms with Crippen molar-refractivity contribution in [3.05, 3.63) is 24.4 Å². The lowest BCUT2D eigenvalue weighted by Gasteiger charge is -2.35. The minimum absolute atomic E-state index is 0.634. The molecule has 1 N–H and O–H groups in total. The van der Waals surface area contributed by atoms with Crippen molar-refractivity contribution >= 4 is 5.82 Å². The van der Waals surface area contributed by atoms with Gasteiger partial charge < -0.3 is 10.2 Å². The Morgan fingerprint density at radius 3 is 2.68 bits per heavy atom. The van der Waals surface area contributed by atoms with Crippen molar-refractivity contribution in [2.45, 2.75) is 25.8 Å². The van der Waals surface area contributed by atoms with Gasteiger partial charge >= 0.3 is 0 Å². The van der Waals surface area contributed by atoms with Crippen molar-refractivity contribution in [3.63, 3.8) is 0 Å². The molecule has 2 heterocycles. The Labute approximate surface area is 116 Å². The van der Waals surface area contributed by atoms with Crippen LogP contribution in [-0.4, -0.2) is 55.7 Å². The van der Waals surface area contributed by atoms with E-state index in [0.717, 1.165) is 32.0 Å². The third kappa shape index (κ3) is 4.48. The van der Waals surface area contributed by atoms with Crippen molar-refractivity contribution in [2.75, 3.05) is 44.7 Å². The van der Waals surface area contributed by atoms with Crippen molar-refractivity contribution in [1.82, 2.24) is 15.2 Å². The summed E-state index contributed by atoms with van der Waals surface area (Å²) < 4.78 is 0. The number of hydrogen-bond donors (Lipinski definition) is 1. The van der Waals surface area contributed by atoms with Crippen LogP contribution in [0.1, 0.15) is 19.8 Å². The van der Waals surface area contributed by atoms with Crippen LogP contribution in [0.5, 0.6) is 0 Å². The molecule has 0 amide bonds. The first-order valence-corrected chi connectivity index (χ1v) is 7.35. The molecule has 1 aromatic rings. The van der Waals surface area contributed by atoms with Gasteiger partial charge in [0.1, 0.15) is 5.82 Å².